The van der Waals surface area contributed by atoms with Gasteiger partial charge >= 0.3 is 0 Å². The molecule has 0 fully saturated rings. The molecule has 0 saturated carbocycles. The van der Waals surface area contributed by atoms with Crippen LogP contribution in [-0.2, 0) is 0 Å². The Morgan fingerprint density at radius 2 is 1.97 bits per heavy atom. The van der Waals surface area contributed by atoms with E-state index < -0.39 is 0 Å². The lowest BCUT2D eigenvalue weighted by Crippen LogP contribution is -2.46. The molecule has 0 radical (unpaired) electrons. The van der Waals surface area contributed by atoms with Crippen LogP contribution in [0.4, 0.5) is 5.69 Å². The minimum Gasteiger partial charge on any atom is -0.495 e. The quantitative estimate of drug-likeness (QED) is 0.325. The summed E-state index contributed by atoms with van der Waals surface area (Å²) in [5, 5.41) is 10.7. The van der Waals surface area contributed by atoms with E-state index >= 15 is 0 Å². The van der Waals surface area contributed by atoms with E-state index in [1.165, 1.54) is 0 Å². The molecule has 2 aromatic carbocycles. The maximum atomic E-state index is 6.41. The highest BCUT2D eigenvalue weighted by Gasteiger charge is 2.35. The summed E-state index contributed by atoms with van der Waals surface area (Å²) >= 11 is 13.8. The first-order valence-corrected chi connectivity index (χ1v) is 11.8. The maximum Gasteiger partial charge on any atom is 0.258 e. The molecular formula is C24H19ClN4O2S2. The number of ether oxygens (including phenoxy) is 1. The minimum absolute atomic E-state index is 0.250. The zero-order valence-electron chi connectivity index (χ0n) is 17.8. The number of benzene rings is 2. The number of halogens is 1. The molecular weight excluding hydrogens is 476 g/mol. The van der Waals surface area contributed by atoms with Crippen LogP contribution >= 0.6 is 35.2 Å². The normalized spacial score (nSPS) is 16.2. The number of aromatic nitrogens is 2. The molecule has 1 aliphatic rings. The first-order chi connectivity index (χ1) is 16.1. The smallest absolute Gasteiger partial charge is 0.258 e. The van der Waals surface area contributed by atoms with Gasteiger partial charge in [-0.2, -0.15) is 4.98 Å². The standard InChI is InChI=1S/C24H19ClN4O2S2/c1-14-20(23-27-22(28-31-23)19-9-6-12-33-19)21(15-7-4-3-5-8-15)26-24(32)29(14)16-10-11-18(30-2)17(25)13-16/h3-13,21H,1-2H3,(H,26,32). The molecule has 0 amide bonds. The van der Waals surface area contributed by atoms with Gasteiger partial charge in [-0.25, -0.2) is 0 Å². The summed E-state index contributed by atoms with van der Waals surface area (Å²) < 4.78 is 11.1. The number of hydrogen-bond acceptors (Lipinski definition) is 6. The summed E-state index contributed by atoms with van der Waals surface area (Å²) in [5.41, 5.74) is 3.56. The highest BCUT2D eigenvalue weighted by atomic mass is 35.5. The SMILES string of the molecule is COc1ccc(N2C(=S)NC(c3ccccc3)C(c3nc(-c4cccs4)no3)=C2C)cc1Cl. The number of anilines is 1. The monoisotopic (exact) mass is 494 g/mol. The summed E-state index contributed by atoms with van der Waals surface area (Å²) in [7, 11) is 1.59. The summed E-state index contributed by atoms with van der Waals surface area (Å²) in [6, 6.07) is 19.3. The second-order valence-electron chi connectivity index (χ2n) is 7.35. The fraction of sp³-hybridized carbons (Fsp3) is 0.125. The predicted molar refractivity (Wildman–Crippen MR) is 136 cm³/mol. The van der Waals surface area contributed by atoms with Crippen LogP contribution in [0.5, 0.6) is 5.75 Å². The van der Waals surface area contributed by atoms with E-state index in [1.807, 2.05) is 77.9 Å². The van der Waals surface area contributed by atoms with Gasteiger partial charge in [0.1, 0.15) is 5.75 Å². The van der Waals surface area contributed by atoms with Gasteiger partial charge < -0.3 is 14.6 Å². The first kappa shape index (κ1) is 21.6. The number of thiophene rings is 1. The van der Waals surface area contributed by atoms with E-state index in [0.29, 0.717) is 27.6 Å². The number of nitrogens with one attached hydrogen (secondary N) is 1. The van der Waals surface area contributed by atoms with Crippen LogP contribution in [0.1, 0.15) is 24.4 Å². The minimum atomic E-state index is -0.250. The van der Waals surface area contributed by atoms with Gasteiger partial charge in [-0.05, 0) is 54.4 Å². The van der Waals surface area contributed by atoms with Gasteiger partial charge in [-0.3, -0.25) is 4.90 Å². The van der Waals surface area contributed by atoms with Crippen LogP contribution in [0.15, 0.2) is 76.3 Å². The van der Waals surface area contributed by atoms with Crippen LogP contribution in [0.25, 0.3) is 16.3 Å². The lowest BCUT2D eigenvalue weighted by atomic mass is 9.94. The lowest BCUT2D eigenvalue weighted by molar-refractivity contribution is 0.404. The molecule has 0 saturated heterocycles. The van der Waals surface area contributed by atoms with Crippen molar-refractivity contribution in [2.24, 2.45) is 0 Å². The Labute approximate surface area is 205 Å². The zero-order chi connectivity index (χ0) is 22.9. The van der Waals surface area contributed by atoms with Gasteiger partial charge in [0.15, 0.2) is 5.11 Å². The van der Waals surface area contributed by atoms with Crippen LogP contribution in [0.2, 0.25) is 5.02 Å². The summed E-state index contributed by atoms with van der Waals surface area (Å²) in [6.45, 7) is 1.99. The van der Waals surface area contributed by atoms with E-state index in [1.54, 1.807) is 18.4 Å². The van der Waals surface area contributed by atoms with Crippen molar-refractivity contribution < 1.29 is 9.26 Å². The Morgan fingerprint density at radius 1 is 1.15 bits per heavy atom. The van der Waals surface area contributed by atoms with Crippen molar-refractivity contribution in [2.45, 2.75) is 13.0 Å². The Kier molecular flexibility index (Phi) is 5.88. The van der Waals surface area contributed by atoms with E-state index in [4.69, 9.17) is 38.1 Å². The number of thiocarbonyl (C=S) groups is 1. The molecule has 1 unspecified atom stereocenters. The predicted octanol–water partition coefficient (Wildman–Crippen LogP) is 6.33. The van der Waals surface area contributed by atoms with E-state index in [0.717, 1.165) is 27.4 Å². The third-order valence-electron chi connectivity index (χ3n) is 5.41. The number of allylic oxidation sites excluding steroid dienone is 1. The van der Waals surface area contributed by atoms with Gasteiger partial charge in [-0.1, -0.05) is 53.2 Å². The van der Waals surface area contributed by atoms with Crippen molar-refractivity contribution >= 4 is 51.5 Å². The van der Waals surface area contributed by atoms with Crippen molar-refractivity contribution in [1.29, 1.82) is 0 Å². The molecule has 1 aliphatic heterocycles. The fourth-order valence-electron chi connectivity index (χ4n) is 3.86. The molecule has 1 atom stereocenters. The highest BCUT2D eigenvalue weighted by Crippen LogP contribution is 2.40. The molecule has 9 heteroatoms. The Bertz CT molecular complexity index is 1340. The third kappa shape index (κ3) is 4.01. The third-order valence-corrected chi connectivity index (χ3v) is 6.87. The molecule has 6 nitrogen and oxygen atoms in total. The number of methoxy groups -OCH3 is 1. The van der Waals surface area contributed by atoms with Crippen LogP contribution in [-0.4, -0.2) is 22.4 Å². The van der Waals surface area contributed by atoms with Gasteiger partial charge in [0.05, 0.1) is 28.6 Å². The molecule has 0 aliphatic carbocycles. The number of rotatable bonds is 5. The van der Waals surface area contributed by atoms with E-state index in [2.05, 4.69) is 10.5 Å². The molecule has 33 heavy (non-hydrogen) atoms. The molecule has 3 heterocycles. The average Bonchev–Trinajstić information content (AvgIpc) is 3.52. The fourth-order valence-corrected chi connectivity index (χ4v) is 5.12. The number of hydrogen-bond donors (Lipinski definition) is 1. The first-order valence-electron chi connectivity index (χ1n) is 10.1. The molecule has 1 N–H and O–H groups in total. The van der Waals surface area contributed by atoms with Crippen LogP contribution < -0.4 is 15.0 Å². The van der Waals surface area contributed by atoms with Crippen molar-refractivity contribution in [3.05, 3.63) is 88.2 Å². The Hall–Kier alpha value is -3.20. The van der Waals surface area contributed by atoms with E-state index in [-0.39, 0.29) is 6.04 Å². The second-order valence-corrected chi connectivity index (χ2v) is 9.09. The molecule has 2 aromatic heterocycles. The van der Waals surface area contributed by atoms with Gasteiger partial charge in [-0.15, -0.1) is 11.3 Å². The largest absolute Gasteiger partial charge is 0.495 e. The van der Waals surface area contributed by atoms with Gasteiger partial charge in [0, 0.05) is 11.4 Å². The van der Waals surface area contributed by atoms with Crippen molar-refractivity contribution in [3.8, 4) is 16.5 Å². The molecule has 0 spiro atoms. The lowest BCUT2D eigenvalue weighted by Gasteiger charge is -2.37. The van der Waals surface area contributed by atoms with Crippen LogP contribution in [0, 0.1) is 0 Å². The van der Waals surface area contributed by atoms with Crippen molar-refractivity contribution in [3.63, 3.8) is 0 Å². The molecule has 166 valence electrons. The van der Waals surface area contributed by atoms with E-state index in [9.17, 15) is 0 Å². The Morgan fingerprint density at radius 3 is 2.67 bits per heavy atom. The van der Waals surface area contributed by atoms with Crippen LogP contribution in [0.3, 0.4) is 0 Å². The topological polar surface area (TPSA) is 63.4 Å². The second kappa shape index (κ2) is 8.97. The Balaban J connectivity index is 1.66. The molecule has 5 rings (SSSR count). The summed E-state index contributed by atoms with van der Waals surface area (Å²) in [6.07, 6.45) is 0. The van der Waals surface area contributed by atoms with Crippen molar-refractivity contribution in [1.82, 2.24) is 15.5 Å². The van der Waals surface area contributed by atoms with Crippen molar-refractivity contribution in [2.75, 3.05) is 12.0 Å². The summed E-state index contributed by atoms with van der Waals surface area (Å²) in [5.74, 6) is 1.58. The number of nitrogens with zero attached hydrogens (tertiary/aromatic N) is 3. The maximum absolute atomic E-state index is 6.41. The average molecular weight is 495 g/mol. The molecule has 0 bridgehead atoms. The molecule has 4 aromatic rings. The van der Waals surface area contributed by atoms with Gasteiger partial charge in [0.25, 0.3) is 5.89 Å². The zero-order valence-corrected chi connectivity index (χ0v) is 20.2. The van der Waals surface area contributed by atoms with Gasteiger partial charge in [0.2, 0.25) is 5.82 Å². The highest BCUT2D eigenvalue weighted by molar-refractivity contribution is 7.80. The summed E-state index contributed by atoms with van der Waals surface area (Å²) in [4.78, 5) is 7.58.